The lowest BCUT2D eigenvalue weighted by Gasteiger charge is -2.13. The smallest absolute Gasteiger partial charge is 0.277 e. The summed E-state index contributed by atoms with van der Waals surface area (Å²) < 4.78 is 30.9. The van der Waals surface area contributed by atoms with Crippen LogP contribution in [0, 0.1) is 0 Å². The van der Waals surface area contributed by atoms with Crippen molar-refractivity contribution >= 4 is 43.9 Å². The van der Waals surface area contributed by atoms with Crippen molar-refractivity contribution in [1.82, 2.24) is 19.7 Å². The predicted molar refractivity (Wildman–Crippen MR) is 122 cm³/mol. The minimum absolute atomic E-state index is 0.126. The van der Waals surface area contributed by atoms with Crippen LogP contribution in [-0.2, 0) is 28.2 Å². The average Bonchev–Trinajstić information content (AvgIpc) is 3.02. The highest BCUT2D eigenvalue weighted by Gasteiger charge is 2.17. The summed E-state index contributed by atoms with van der Waals surface area (Å²) in [7, 11) is -0.291. The van der Waals surface area contributed by atoms with Gasteiger partial charge in [-0.3, -0.25) is 14.6 Å². The Morgan fingerprint density at radius 1 is 1.09 bits per heavy atom. The van der Waals surface area contributed by atoms with Gasteiger partial charge < -0.3 is 15.4 Å². The van der Waals surface area contributed by atoms with Gasteiger partial charge in [-0.1, -0.05) is 12.1 Å². The van der Waals surface area contributed by atoms with Gasteiger partial charge in [-0.25, -0.2) is 18.4 Å². The third kappa shape index (κ3) is 4.34. The first-order chi connectivity index (χ1) is 15.3. The molecule has 3 aromatic heterocycles. The van der Waals surface area contributed by atoms with Crippen LogP contribution in [-0.4, -0.2) is 41.5 Å². The molecule has 3 N–H and O–H groups in total. The van der Waals surface area contributed by atoms with Gasteiger partial charge in [0.05, 0.1) is 22.9 Å². The molecule has 10 nitrogen and oxygen atoms in total. The largest absolute Gasteiger partial charge is 0.380 e. The Morgan fingerprint density at radius 3 is 2.62 bits per heavy atom. The van der Waals surface area contributed by atoms with Gasteiger partial charge in [-0.05, 0) is 29.8 Å². The highest BCUT2D eigenvalue weighted by Crippen LogP contribution is 2.30. The number of pyridine rings is 2. The normalized spacial score (nSPS) is 11.6. The molecule has 0 spiro atoms. The molecule has 0 saturated heterocycles. The molecule has 3 heterocycles. The Labute approximate surface area is 184 Å². The first kappa shape index (κ1) is 21.5. The number of ether oxygens (including phenoxy) is 1. The monoisotopic (exact) mass is 454 g/mol. The Kier molecular flexibility index (Phi) is 5.68. The van der Waals surface area contributed by atoms with Crippen molar-refractivity contribution in [3.8, 4) is 0 Å². The number of nitrogens with one attached hydrogen (secondary N) is 3. The average molecular weight is 455 g/mol. The molecule has 32 heavy (non-hydrogen) atoms. The van der Waals surface area contributed by atoms with Crippen LogP contribution in [0.2, 0.25) is 0 Å². The van der Waals surface area contributed by atoms with Crippen molar-refractivity contribution in [3.05, 3.63) is 64.6 Å². The van der Waals surface area contributed by atoms with E-state index in [0.717, 1.165) is 11.8 Å². The number of hydrogen-bond donors (Lipinski definition) is 3. The molecule has 0 saturated carbocycles. The number of aryl methyl sites for hydroxylation is 1. The zero-order valence-corrected chi connectivity index (χ0v) is 18.5. The van der Waals surface area contributed by atoms with Gasteiger partial charge >= 0.3 is 0 Å². The summed E-state index contributed by atoms with van der Waals surface area (Å²) in [6, 6.07) is 11.8. The van der Waals surface area contributed by atoms with Crippen LogP contribution in [0.15, 0.2) is 58.4 Å². The lowest BCUT2D eigenvalue weighted by atomic mass is 10.2. The van der Waals surface area contributed by atoms with Crippen LogP contribution in [0.25, 0.3) is 11.0 Å². The number of nitrogens with zero attached hydrogens (tertiary/aromatic N) is 3. The van der Waals surface area contributed by atoms with Gasteiger partial charge in [0.15, 0.2) is 15.5 Å². The third-order valence-corrected chi connectivity index (χ3v) is 5.91. The van der Waals surface area contributed by atoms with Crippen molar-refractivity contribution < 1.29 is 13.2 Å². The van der Waals surface area contributed by atoms with Crippen LogP contribution in [0.5, 0.6) is 0 Å². The minimum Gasteiger partial charge on any atom is -0.380 e. The summed E-state index contributed by atoms with van der Waals surface area (Å²) >= 11 is 0. The standard InChI is InChI=1S/C21H22N6O4S/c1-27-21(28)19-15(23-14-6-4-5-7-16(14)32(3,29)30)11-18(25-20(19)26-27)24-17-10-13(12-31-2)8-9-22-17/h4-11H,12H2,1-3H3,(H3,22,23,24,25,26). The molecule has 0 unspecified atom stereocenters. The van der Waals surface area contributed by atoms with E-state index in [1.165, 1.54) is 10.7 Å². The summed E-state index contributed by atoms with van der Waals surface area (Å²) in [5, 5.41) is 9.45. The molecule has 0 fully saturated rings. The lowest BCUT2D eigenvalue weighted by molar-refractivity contribution is 0.185. The molecule has 0 aliphatic carbocycles. The van der Waals surface area contributed by atoms with E-state index in [4.69, 9.17) is 4.74 Å². The molecule has 0 aliphatic heterocycles. The van der Waals surface area contributed by atoms with E-state index in [9.17, 15) is 13.2 Å². The van der Waals surface area contributed by atoms with Gasteiger partial charge in [-0.2, -0.15) is 0 Å². The van der Waals surface area contributed by atoms with E-state index in [1.54, 1.807) is 44.6 Å². The summed E-state index contributed by atoms with van der Waals surface area (Å²) in [4.78, 5) is 21.6. The molecule has 11 heteroatoms. The van der Waals surface area contributed by atoms with E-state index in [-0.39, 0.29) is 10.5 Å². The van der Waals surface area contributed by atoms with Crippen molar-refractivity contribution in [2.75, 3.05) is 24.0 Å². The molecule has 4 aromatic rings. The van der Waals surface area contributed by atoms with Gasteiger partial charge in [0, 0.05) is 32.7 Å². The third-order valence-electron chi connectivity index (χ3n) is 4.76. The number of hydrogen-bond acceptors (Lipinski definition) is 8. The summed E-state index contributed by atoms with van der Waals surface area (Å²) in [5.74, 6) is 0.966. The molecule has 0 amide bonds. The van der Waals surface area contributed by atoms with Crippen molar-refractivity contribution in [3.63, 3.8) is 0 Å². The van der Waals surface area contributed by atoms with Crippen LogP contribution >= 0.6 is 0 Å². The number of sulfone groups is 1. The van der Waals surface area contributed by atoms with Crippen LogP contribution in [0.1, 0.15) is 5.56 Å². The molecular formula is C21H22N6O4S. The van der Waals surface area contributed by atoms with Gasteiger partial charge in [-0.15, -0.1) is 0 Å². The second-order valence-electron chi connectivity index (χ2n) is 7.26. The number of aromatic amines is 1. The SMILES string of the molecule is COCc1ccnc(Nc2cc(Nc3ccccc3S(C)(=O)=O)c3c(=O)n(C)[nH]c3n2)c1. The lowest BCUT2D eigenvalue weighted by Crippen LogP contribution is -2.12. The quantitative estimate of drug-likeness (QED) is 0.388. The van der Waals surface area contributed by atoms with Crippen LogP contribution < -0.4 is 16.2 Å². The minimum atomic E-state index is -3.49. The van der Waals surface area contributed by atoms with E-state index in [0.29, 0.717) is 40.7 Å². The number of H-pyrrole nitrogens is 1. The Balaban J connectivity index is 1.81. The number of rotatable bonds is 7. The van der Waals surface area contributed by atoms with Gasteiger partial charge in [0.2, 0.25) is 0 Å². The Hall–Kier alpha value is -3.70. The van der Waals surface area contributed by atoms with Crippen molar-refractivity contribution in [2.45, 2.75) is 11.5 Å². The molecule has 4 rings (SSSR count). The predicted octanol–water partition coefficient (Wildman–Crippen LogP) is 2.69. The van der Waals surface area contributed by atoms with Crippen LogP contribution in [0.4, 0.5) is 23.0 Å². The summed E-state index contributed by atoms with van der Waals surface area (Å²) in [5.41, 5.74) is 1.74. The van der Waals surface area contributed by atoms with E-state index < -0.39 is 9.84 Å². The van der Waals surface area contributed by atoms with Crippen LogP contribution in [0.3, 0.4) is 0 Å². The van der Waals surface area contributed by atoms with Gasteiger partial charge in [0.25, 0.3) is 5.56 Å². The molecule has 0 bridgehead atoms. The Morgan fingerprint density at radius 2 is 1.88 bits per heavy atom. The Bertz CT molecular complexity index is 1460. The van der Waals surface area contributed by atoms with Gasteiger partial charge in [0.1, 0.15) is 17.0 Å². The highest BCUT2D eigenvalue weighted by atomic mass is 32.2. The fourth-order valence-corrected chi connectivity index (χ4v) is 4.20. The maximum absolute atomic E-state index is 12.7. The highest BCUT2D eigenvalue weighted by molar-refractivity contribution is 7.90. The second-order valence-corrected chi connectivity index (χ2v) is 9.24. The summed E-state index contributed by atoms with van der Waals surface area (Å²) in [6.07, 6.45) is 2.79. The fraction of sp³-hybridized carbons (Fsp3) is 0.190. The number of anilines is 4. The van der Waals surface area contributed by atoms with E-state index >= 15 is 0 Å². The number of benzene rings is 1. The zero-order valence-electron chi connectivity index (χ0n) is 17.7. The topological polar surface area (TPSA) is 131 Å². The maximum Gasteiger partial charge on any atom is 0.277 e. The molecule has 1 aromatic carbocycles. The van der Waals surface area contributed by atoms with Crippen molar-refractivity contribution in [2.24, 2.45) is 7.05 Å². The first-order valence-corrected chi connectivity index (χ1v) is 11.5. The number of aromatic nitrogens is 4. The molecule has 0 atom stereocenters. The van der Waals surface area contributed by atoms with E-state index in [1.807, 2.05) is 12.1 Å². The molecule has 0 aliphatic rings. The fourth-order valence-electron chi connectivity index (χ4n) is 3.35. The first-order valence-electron chi connectivity index (χ1n) is 9.63. The maximum atomic E-state index is 12.7. The summed E-state index contributed by atoms with van der Waals surface area (Å²) in [6.45, 7) is 0.435. The molecule has 166 valence electrons. The second kappa shape index (κ2) is 8.44. The van der Waals surface area contributed by atoms with Crippen molar-refractivity contribution in [1.29, 1.82) is 0 Å². The number of methoxy groups -OCH3 is 1. The molecular weight excluding hydrogens is 432 g/mol. The number of para-hydroxylation sites is 1. The molecule has 0 radical (unpaired) electrons. The van der Waals surface area contributed by atoms with E-state index in [2.05, 4.69) is 25.7 Å². The number of fused-ring (bicyclic) bond motifs is 1. The zero-order chi connectivity index (χ0) is 22.9.